The molecule has 12 heavy (non-hydrogen) atoms. The Kier molecular flexibility index (Phi) is 2.34. The summed E-state index contributed by atoms with van der Waals surface area (Å²) >= 11 is 0. The fourth-order valence-electron chi connectivity index (χ4n) is 0.942. The summed E-state index contributed by atoms with van der Waals surface area (Å²) in [6.07, 6.45) is 0. The second kappa shape index (κ2) is 3.11. The first-order valence-corrected chi connectivity index (χ1v) is 3.87. The fourth-order valence-corrected chi connectivity index (χ4v) is 0.942. The molecule has 1 aliphatic rings. The molecule has 0 bridgehead atoms. The summed E-state index contributed by atoms with van der Waals surface area (Å²) in [4.78, 5) is 11.4. The van der Waals surface area contributed by atoms with Crippen LogP contribution in [0.15, 0.2) is 0 Å². The summed E-state index contributed by atoms with van der Waals surface area (Å²) in [5.74, 6) is -0.0946. The predicted octanol–water partition coefficient (Wildman–Crippen LogP) is 0.0512. The number of amides is 1. The molecule has 1 N–H and O–H groups in total. The van der Waals surface area contributed by atoms with E-state index >= 15 is 0 Å². The highest BCUT2D eigenvalue weighted by Crippen LogP contribution is 2.26. The first-order valence-electron chi connectivity index (χ1n) is 3.87. The minimum absolute atomic E-state index is 0.0946. The molecule has 1 atom stereocenters. The second-order valence-corrected chi connectivity index (χ2v) is 3.38. The van der Waals surface area contributed by atoms with E-state index in [1.807, 2.05) is 13.0 Å². The van der Waals surface area contributed by atoms with Gasteiger partial charge in [-0.3, -0.25) is 4.79 Å². The summed E-state index contributed by atoms with van der Waals surface area (Å²) in [7, 11) is 0. The molecule has 0 aromatic heterocycles. The van der Waals surface area contributed by atoms with Gasteiger partial charge < -0.3 is 10.1 Å². The Bertz CT molecular complexity index is 228. The van der Waals surface area contributed by atoms with Crippen LogP contribution >= 0.6 is 0 Å². The van der Waals surface area contributed by atoms with Gasteiger partial charge in [0, 0.05) is 0 Å². The van der Waals surface area contributed by atoms with Crippen LogP contribution in [0.3, 0.4) is 0 Å². The molecular weight excluding hydrogens is 156 g/mol. The summed E-state index contributed by atoms with van der Waals surface area (Å²) < 4.78 is 4.93. The van der Waals surface area contributed by atoms with Crippen molar-refractivity contribution in [3.8, 4) is 6.07 Å². The maximum Gasteiger partial charge on any atom is 0.231 e. The molecule has 66 valence electrons. The molecule has 4 heteroatoms. The van der Waals surface area contributed by atoms with E-state index in [2.05, 4.69) is 5.32 Å². The van der Waals surface area contributed by atoms with E-state index in [1.54, 1.807) is 6.92 Å². The molecule has 0 aromatic rings. The lowest BCUT2D eigenvalue weighted by atomic mass is 9.87. The average Bonchev–Trinajstić information content (AvgIpc) is 1.99. The first kappa shape index (κ1) is 9.01. The van der Waals surface area contributed by atoms with Crippen LogP contribution in [0.1, 0.15) is 13.8 Å². The minimum atomic E-state index is -0.421. The summed E-state index contributed by atoms with van der Waals surface area (Å²) in [6, 6.07) is 1.52. The van der Waals surface area contributed by atoms with Gasteiger partial charge in [0.2, 0.25) is 5.91 Å². The molecule has 1 aliphatic heterocycles. The van der Waals surface area contributed by atoms with Crippen molar-refractivity contribution < 1.29 is 9.53 Å². The van der Waals surface area contributed by atoms with Gasteiger partial charge in [0.15, 0.2) is 0 Å². The van der Waals surface area contributed by atoms with Crippen LogP contribution in [0.4, 0.5) is 0 Å². The van der Waals surface area contributed by atoms with Gasteiger partial charge in [0.25, 0.3) is 0 Å². The van der Waals surface area contributed by atoms with E-state index in [0.29, 0.717) is 13.2 Å². The van der Waals surface area contributed by atoms with E-state index in [-0.39, 0.29) is 5.91 Å². The standard InChI is InChI=1S/C8H12N2O2/c1-6(3-9)10-7(11)8(2)4-12-5-8/h6H,4-5H2,1-2H3,(H,10,11)/t6-/m0/s1. The molecule has 1 rings (SSSR count). The lowest BCUT2D eigenvalue weighted by Crippen LogP contribution is -2.53. The van der Waals surface area contributed by atoms with Gasteiger partial charge in [-0.2, -0.15) is 5.26 Å². The molecule has 1 heterocycles. The van der Waals surface area contributed by atoms with Gasteiger partial charge in [-0.1, -0.05) is 0 Å². The Morgan fingerprint density at radius 3 is 2.67 bits per heavy atom. The quantitative estimate of drug-likeness (QED) is 0.633. The van der Waals surface area contributed by atoms with Crippen molar-refractivity contribution in [3.63, 3.8) is 0 Å². The monoisotopic (exact) mass is 168 g/mol. The third-order valence-corrected chi connectivity index (χ3v) is 1.93. The van der Waals surface area contributed by atoms with Crippen LogP contribution in [-0.4, -0.2) is 25.2 Å². The number of nitriles is 1. The highest BCUT2D eigenvalue weighted by Gasteiger charge is 2.41. The van der Waals surface area contributed by atoms with E-state index in [4.69, 9.17) is 10.00 Å². The maximum absolute atomic E-state index is 11.4. The van der Waals surface area contributed by atoms with Crippen LogP contribution in [0, 0.1) is 16.7 Å². The zero-order valence-corrected chi connectivity index (χ0v) is 7.26. The van der Waals surface area contributed by atoms with Crippen molar-refractivity contribution in [2.75, 3.05) is 13.2 Å². The number of nitrogens with zero attached hydrogens (tertiary/aromatic N) is 1. The second-order valence-electron chi connectivity index (χ2n) is 3.38. The lowest BCUT2D eigenvalue weighted by Gasteiger charge is -2.36. The van der Waals surface area contributed by atoms with Crippen molar-refractivity contribution in [1.82, 2.24) is 5.32 Å². The number of carbonyl (C=O) groups is 1. The first-order chi connectivity index (χ1) is 5.58. The molecule has 0 saturated carbocycles. The molecule has 1 amide bonds. The van der Waals surface area contributed by atoms with Gasteiger partial charge in [0.1, 0.15) is 6.04 Å². The van der Waals surface area contributed by atoms with Crippen LogP contribution in [0.2, 0.25) is 0 Å². The van der Waals surface area contributed by atoms with E-state index in [9.17, 15) is 4.79 Å². The number of ether oxygens (including phenoxy) is 1. The van der Waals surface area contributed by atoms with E-state index < -0.39 is 11.5 Å². The Hall–Kier alpha value is -1.08. The Morgan fingerprint density at radius 2 is 2.33 bits per heavy atom. The largest absolute Gasteiger partial charge is 0.379 e. The van der Waals surface area contributed by atoms with Gasteiger partial charge in [-0.05, 0) is 13.8 Å². The molecule has 4 nitrogen and oxygen atoms in total. The van der Waals surface area contributed by atoms with Crippen molar-refractivity contribution in [2.24, 2.45) is 5.41 Å². The molecule has 1 saturated heterocycles. The van der Waals surface area contributed by atoms with Crippen LogP contribution < -0.4 is 5.32 Å². The van der Waals surface area contributed by atoms with Crippen molar-refractivity contribution in [3.05, 3.63) is 0 Å². The summed E-state index contributed by atoms with van der Waals surface area (Å²) in [5.41, 5.74) is -0.412. The Labute approximate surface area is 71.5 Å². The number of rotatable bonds is 2. The smallest absolute Gasteiger partial charge is 0.231 e. The Balaban J connectivity index is 2.44. The van der Waals surface area contributed by atoms with Crippen molar-refractivity contribution in [2.45, 2.75) is 19.9 Å². The molecule has 0 aromatic carbocycles. The van der Waals surface area contributed by atoms with Crippen LogP contribution in [0.5, 0.6) is 0 Å². The molecule has 0 spiro atoms. The normalized spacial score (nSPS) is 21.8. The fraction of sp³-hybridized carbons (Fsp3) is 0.750. The summed E-state index contributed by atoms with van der Waals surface area (Å²) in [6.45, 7) is 4.39. The topological polar surface area (TPSA) is 62.1 Å². The third kappa shape index (κ3) is 1.56. The lowest BCUT2D eigenvalue weighted by molar-refractivity contribution is -0.157. The zero-order valence-electron chi connectivity index (χ0n) is 7.26. The predicted molar refractivity (Wildman–Crippen MR) is 42.1 cm³/mol. The van der Waals surface area contributed by atoms with Crippen LogP contribution in [0.25, 0.3) is 0 Å². The number of hydrogen-bond acceptors (Lipinski definition) is 3. The minimum Gasteiger partial charge on any atom is -0.379 e. The third-order valence-electron chi connectivity index (χ3n) is 1.93. The molecule has 0 unspecified atom stereocenters. The Morgan fingerprint density at radius 1 is 1.75 bits per heavy atom. The van der Waals surface area contributed by atoms with E-state index in [0.717, 1.165) is 0 Å². The molecular formula is C8H12N2O2. The molecule has 0 aliphatic carbocycles. The zero-order chi connectivity index (χ0) is 9.19. The highest BCUT2D eigenvalue weighted by atomic mass is 16.5. The molecule has 0 radical (unpaired) electrons. The highest BCUT2D eigenvalue weighted by molar-refractivity contribution is 5.83. The van der Waals surface area contributed by atoms with Crippen molar-refractivity contribution in [1.29, 1.82) is 5.26 Å². The van der Waals surface area contributed by atoms with Crippen molar-refractivity contribution >= 4 is 5.91 Å². The van der Waals surface area contributed by atoms with E-state index in [1.165, 1.54) is 0 Å². The van der Waals surface area contributed by atoms with Gasteiger partial charge >= 0.3 is 0 Å². The SMILES string of the molecule is C[C@@H](C#N)NC(=O)C1(C)COC1. The number of carbonyl (C=O) groups excluding carboxylic acids is 1. The van der Waals surface area contributed by atoms with Crippen LogP contribution in [-0.2, 0) is 9.53 Å². The number of hydrogen-bond donors (Lipinski definition) is 1. The summed E-state index contributed by atoms with van der Waals surface area (Å²) in [5, 5.41) is 11.0. The van der Waals surface area contributed by atoms with Gasteiger partial charge in [0.05, 0.1) is 24.7 Å². The number of nitrogens with one attached hydrogen (secondary N) is 1. The van der Waals surface area contributed by atoms with Gasteiger partial charge in [-0.15, -0.1) is 0 Å². The average molecular weight is 168 g/mol. The van der Waals surface area contributed by atoms with Gasteiger partial charge in [-0.25, -0.2) is 0 Å². The maximum atomic E-state index is 11.4. The molecule has 1 fully saturated rings.